The molecule has 5 rings (SSSR count). The number of hydrogen-bond acceptors (Lipinski definition) is 7. The van der Waals surface area contributed by atoms with E-state index in [4.69, 9.17) is 4.99 Å². The van der Waals surface area contributed by atoms with Gasteiger partial charge in [0.05, 0.1) is 6.54 Å². The number of nitrogens with one attached hydrogen (secondary N) is 1. The van der Waals surface area contributed by atoms with E-state index < -0.39 is 5.54 Å². The smallest absolute Gasteiger partial charge is 0.257 e. The first kappa shape index (κ1) is 19.7. The van der Waals surface area contributed by atoms with E-state index in [1.807, 2.05) is 36.4 Å². The molecule has 30 heavy (non-hydrogen) atoms. The van der Waals surface area contributed by atoms with Crippen molar-refractivity contribution in [1.29, 1.82) is 0 Å². The van der Waals surface area contributed by atoms with Crippen LogP contribution in [0.3, 0.4) is 0 Å². The number of benzene rings is 1. The zero-order valence-corrected chi connectivity index (χ0v) is 19.1. The first-order valence-electron chi connectivity index (χ1n) is 9.49. The number of fused-ring (bicyclic) bond motifs is 1. The van der Waals surface area contributed by atoms with E-state index in [1.165, 1.54) is 4.88 Å². The van der Waals surface area contributed by atoms with E-state index in [2.05, 4.69) is 47.6 Å². The number of nitrogens with zero attached hydrogens (tertiary/aromatic N) is 4. The molecule has 1 saturated heterocycles. The summed E-state index contributed by atoms with van der Waals surface area (Å²) in [7, 11) is 0. The number of amides is 1. The minimum Gasteiger partial charge on any atom is -0.338 e. The number of thioether (sulfide) groups is 1. The van der Waals surface area contributed by atoms with Crippen molar-refractivity contribution in [3.8, 4) is 0 Å². The highest BCUT2D eigenvalue weighted by Crippen LogP contribution is 2.48. The molecule has 9 heteroatoms. The van der Waals surface area contributed by atoms with E-state index in [0.717, 1.165) is 22.7 Å². The third-order valence-corrected chi connectivity index (χ3v) is 8.25. The Balaban J connectivity index is 1.49. The zero-order valence-electron chi connectivity index (χ0n) is 15.9. The van der Waals surface area contributed by atoms with Gasteiger partial charge in [-0.3, -0.25) is 4.79 Å². The molecular weight excluding hydrogens is 482 g/mol. The second-order valence-corrected chi connectivity index (χ2v) is 10.1. The van der Waals surface area contributed by atoms with E-state index in [0.29, 0.717) is 23.2 Å². The van der Waals surface area contributed by atoms with Crippen LogP contribution in [0, 0.1) is 5.92 Å². The number of amidine groups is 1. The molecule has 4 heterocycles. The molecule has 0 radical (unpaired) electrons. The van der Waals surface area contributed by atoms with Gasteiger partial charge in [-0.05, 0) is 40.2 Å². The zero-order chi connectivity index (χ0) is 20.6. The molecular formula is C21H18BrN5OS2. The molecule has 2 aromatic heterocycles. The third-order valence-electron chi connectivity index (χ3n) is 5.36. The highest BCUT2D eigenvalue weighted by Gasteiger charge is 2.52. The topological polar surface area (TPSA) is 70.5 Å². The predicted octanol–water partition coefficient (Wildman–Crippen LogP) is 4.17. The summed E-state index contributed by atoms with van der Waals surface area (Å²) in [4.78, 5) is 30.1. The van der Waals surface area contributed by atoms with Crippen molar-refractivity contribution < 1.29 is 4.79 Å². The number of hydrogen-bond donors (Lipinski definition) is 1. The second kappa shape index (κ2) is 8.13. The number of carbonyl (C=O) groups excluding carboxylic acids is 1. The van der Waals surface area contributed by atoms with Crippen molar-refractivity contribution in [3.63, 3.8) is 0 Å². The van der Waals surface area contributed by atoms with Crippen molar-refractivity contribution in [2.75, 3.05) is 23.7 Å². The van der Waals surface area contributed by atoms with Gasteiger partial charge in [-0.15, -0.1) is 11.3 Å². The summed E-state index contributed by atoms with van der Waals surface area (Å²) >= 11 is 6.88. The molecule has 0 aliphatic carbocycles. The Kier molecular flexibility index (Phi) is 5.34. The van der Waals surface area contributed by atoms with E-state index >= 15 is 0 Å². The van der Waals surface area contributed by atoms with Gasteiger partial charge in [-0.1, -0.05) is 30.0 Å². The number of thiophene rings is 1. The van der Waals surface area contributed by atoms with Crippen LogP contribution in [0.1, 0.15) is 15.2 Å². The van der Waals surface area contributed by atoms with Gasteiger partial charge in [-0.25, -0.2) is 15.0 Å². The standard InChI is InChI=1S/C21H18BrN5OS2/c22-16-9-17(29-12-16)21-13-27(19-23-7-4-8-24-19)10-15(21)11-30-20(26-21)25-18(28)14-5-2-1-3-6-14/h1-9,12,15H,10-11,13H2,(H,25,26,28)/t15-,21-/m0/s1. The lowest BCUT2D eigenvalue weighted by Crippen LogP contribution is -2.42. The second-order valence-electron chi connectivity index (χ2n) is 7.23. The lowest BCUT2D eigenvalue weighted by Gasteiger charge is -2.34. The SMILES string of the molecule is O=C(NC1=N[C@@]2(c3cc(Br)cs3)CN(c3ncccn3)C[C@H]2CS1)c1ccccc1. The summed E-state index contributed by atoms with van der Waals surface area (Å²) in [6.07, 6.45) is 3.53. The fourth-order valence-electron chi connectivity index (χ4n) is 3.92. The molecule has 0 saturated carbocycles. The summed E-state index contributed by atoms with van der Waals surface area (Å²) in [6, 6.07) is 13.2. The fraction of sp³-hybridized carbons (Fsp3) is 0.238. The average molecular weight is 500 g/mol. The van der Waals surface area contributed by atoms with Gasteiger partial charge in [0, 0.05) is 50.9 Å². The highest BCUT2D eigenvalue weighted by molar-refractivity contribution is 9.10. The summed E-state index contributed by atoms with van der Waals surface area (Å²) in [5.41, 5.74) is 0.196. The Bertz CT molecular complexity index is 1090. The van der Waals surface area contributed by atoms with Gasteiger partial charge >= 0.3 is 0 Å². The van der Waals surface area contributed by atoms with Crippen LogP contribution in [-0.4, -0.2) is 39.9 Å². The maximum Gasteiger partial charge on any atom is 0.257 e. The van der Waals surface area contributed by atoms with Crippen LogP contribution in [0.4, 0.5) is 5.95 Å². The van der Waals surface area contributed by atoms with Gasteiger partial charge in [0.25, 0.3) is 5.91 Å². The van der Waals surface area contributed by atoms with Crippen molar-refractivity contribution in [2.45, 2.75) is 5.54 Å². The number of carbonyl (C=O) groups is 1. The van der Waals surface area contributed by atoms with Gasteiger partial charge in [0.2, 0.25) is 5.95 Å². The first-order valence-corrected chi connectivity index (χ1v) is 12.2. The molecule has 0 spiro atoms. The fourth-order valence-corrected chi connectivity index (χ4v) is 6.69. The van der Waals surface area contributed by atoms with Crippen LogP contribution in [-0.2, 0) is 5.54 Å². The molecule has 1 N–H and O–H groups in total. The minimum absolute atomic E-state index is 0.135. The van der Waals surface area contributed by atoms with Crippen molar-refractivity contribution >= 4 is 56.1 Å². The molecule has 2 atom stereocenters. The van der Waals surface area contributed by atoms with Crippen molar-refractivity contribution in [3.05, 3.63) is 75.2 Å². The Morgan fingerprint density at radius 1 is 1.20 bits per heavy atom. The molecule has 0 unspecified atom stereocenters. The Morgan fingerprint density at radius 3 is 2.73 bits per heavy atom. The summed E-state index contributed by atoms with van der Waals surface area (Å²) < 4.78 is 1.05. The molecule has 1 aromatic carbocycles. The maximum atomic E-state index is 12.7. The Labute approximate surface area is 191 Å². The van der Waals surface area contributed by atoms with Gasteiger partial charge in [0.1, 0.15) is 5.54 Å². The lowest BCUT2D eigenvalue weighted by atomic mass is 9.87. The highest BCUT2D eigenvalue weighted by atomic mass is 79.9. The van der Waals surface area contributed by atoms with E-state index in [-0.39, 0.29) is 5.91 Å². The first-order chi connectivity index (χ1) is 14.6. The summed E-state index contributed by atoms with van der Waals surface area (Å²) in [6.45, 7) is 1.51. The van der Waals surface area contributed by atoms with E-state index in [9.17, 15) is 4.79 Å². The van der Waals surface area contributed by atoms with Crippen LogP contribution in [0.15, 0.2) is 69.7 Å². The number of anilines is 1. The average Bonchev–Trinajstić information content (AvgIpc) is 3.39. The molecule has 6 nitrogen and oxygen atoms in total. The number of aromatic nitrogens is 2. The summed E-state index contributed by atoms with van der Waals surface area (Å²) in [5.74, 6) is 1.75. The van der Waals surface area contributed by atoms with Gasteiger partial charge < -0.3 is 10.2 Å². The van der Waals surface area contributed by atoms with Crippen LogP contribution < -0.4 is 10.2 Å². The van der Waals surface area contributed by atoms with Crippen LogP contribution in [0.5, 0.6) is 0 Å². The minimum atomic E-state index is -0.430. The van der Waals surface area contributed by atoms with Crippen LogP contribution >= 0.6 is 39.0 Å². The number of aliphatic imine (C=N–C) groups is 1. The van der Waals surface area contributed by atoms with Crippen LogP contribution in [0.2, 0.25) is 0 Å². The quantitative estimate of drug-likeness (QED) is 0.585. The molecule has 3 aromatic rings. The van der Waals surface area contributed by atoms with Gasteiger partial charge in [0.15, 0.2) is 5.17 Å². The molecule has 1 fully saturated rings. The summed E-state index contributed by atoms with van der Waals surface area (Å²) in [5, 5.41) is 5.77. The Morgan fingerprint density at radius 2 is 2.00 bits per heavy atom. The molecule has 2 aliphatic rings. The lowest BCUT2D eigenvalue weighted by molar-refractivity contribution is 0.0977. The van der Waals surface area contributed by atoms with Gasteiger partial charge in [-0.2, -0.15) is 0 Å². The normalized spacial score (nSPS) is 23.0. The number of rotatable bonds is 3. The number of halogens is 1. The van der Waals surface area contributed by atoms with Crippen molar-refractivity contribution in [2.24, 2.45) is 10.9 Å². The molecule has 152 valence electrons. The predicted molar refractivity (Wildman–Crippen MR) is 125 cm³/mol. The maximum absolute atomic E-state index is 12.7. The molecule has 2 aliphatic heterocycles. The molecule has 0 bridgehead atoms. The Hall–Kier alpha value is -2.23. The van der Waals surface area contributed by atoms with E-state index in [1.54, 1.807) is 35.5 Å². The van der Waals surface area contributed by atoms with Crippen molar-refractivity contribution in [1.82, 2.24) is 15.3 Å². The molecule has 1 amide bonds. The van der Waals surface area contributed by atoms with Crippen LogP contribution in [0.25, 0.3) is 0 Å². The third kappa shape index (κ3) is 3.66. The largest absolute Gasteiger partial charge is 0.338 e. The monoisotopic (exact) mass is 499 g/mol.